The molecule has 0 fully saturated rings. The molecule has 14 heavy (non-hydrogen) atoms. The molecular weight excluding hydrogens is 180 g/mol. The van der Waals surface area contributed by atoms with Crippen molar-refractivity contribution in [1.82, 2.24) is 5.32 Å². The number of phenolic OH excluding ortho intramolecular Hbond substituents is 1. The number of rotatable bonds is 3. The summed E-state index contributed by atoms with van der Waals surface area (Å²) in [4.78, 5) is 11.1. The van der Waals surface area contributed by atoms with Gasteiger partial charge in [0, 0.05) is 7.05 Å². The highest BCUT2D eigenvalue weighted by molar-refractivity contribution is 5.81. The topological polar surface area (TPSA) is 75.4 Å². The molecule has 0 radical (unpaired) electrons. The summed E-state index contributed by atoms with van der Waals surface area (Å²) in [7, 11) is 1.55. The Kier molecular flexibility index (Phi) is 3.48. The van der Waals surface area contributed by atoms with Crippen molar-refractivity contribution in [3.8, 4) is 5.75 Å². The molecule has 1 atom stereocenters. The molecule has 0 spiro atoms. The smallest absolute Gasteiger partial charge is 0.237 e. The third-order valence-electron chi connectivity index (χ3n) is 1.98. The number of aromatic hydroxyl groups is 1. The van der Waals surface area contributed by atoms with E-state index < -0.39 is 6.04 Å². The van der Waals surface area contributed by atoms with E-state index in [1.165, 1.54) is 0 Å². The summed E-state index contributed by atoms with van der Waals surface area (Å²) >= 11 is 0. The molecule has 0 aliphatic carbocycles. The first kappa shape index (κ1) is 10.5. The van der Waals surface area contributed by atoms with Crippen molar-refractivity contribution in [2.24, 2.45) is 5.73 Å². The van der Waals surface area contributed by atoms with Gasteiger partial charge in [-0.1, -0.05) is 12.1 Å². The summed E-state index contributed by atoms with van der Waals surface area (Å²) in [6, 6.07) is 6.11. The van der Waals surface area contributed by atoms with Crippen LogP contribution < -0.4 is 11.1 Å². The fourth-order valence-corrected chi connectivity index (χ4v) is 1.16. The van der Waals surface area contributed by atoms with E-state index in [0.717, 1.165) is 5.56 Å². The van der Waals surface area contributed by atoms with Gasteiger partial charge in [-0.05, 0) is 24.1 Å². The van der Waals surface area contributed by atoms with Crippen LogP contribution in [0, 0.1) is 0 Å². The molecule has 4 nitrogen and oxygen atoms in total. The molecule has 4 N–H and O–H groups in total. The van der Waals surface area contributed by atoms with Crippen molar-refractivity contribution in [1.29, 1.82) is 0 Å². The fourth-order valence-electron chi connectivity index (χ4n) is 1.16. The number of carbonyl (C=O) groups is 1. The van der Waals surface area contributed by atoms with Gasteiger partial charge in [0.05, 0.1) is 6.04 Å². The van der Waals surface area contributed by atoms with Crippen molar-refractivity contribution >= 4 is 5.91 Å². The molecule has 0 aromatic heterocycles. The minimum atomic E-state index is -0.537. The average Bonchev–Trinajstić information content (AvgIpc) is 2.20. The van der Waals surface area contributed by atoms with Gasteiger partial charge >= 0.3 is 0 Å². The summed E-state index contributed by atoms with van der Waals surface area (Å²) < 4.78 is 0. The van der Waals surface area contributed by atoms with Gasteiger partial charge < -0.3 is 16.2 Å². The average molecular weight is 194 g/mol. The maximum atomic E-state index is 11.1. The molecule has 0 unspecified atom stereocenters. The minimum Gasteiger partial charge on any atom is -0.508 e. The van der Waals surface area contributed by atoms with Crippen LogP contribution in [0.4, 0.5) is 0 Å². The van der Waals surface area contributed by atoms with Crippen molar-refractivity contribution in [2.45, 2.75) is 12.5 Å². The number of benzene rings is 1. The molecule has 0 saturated carbocycles. The monoisotopic (exact) mass is 194 g/mol. The normalized spacial score (nSPS) is 12.1. The van der Waals surface area contributed by atoms with Crippen LogP contribution in [0.5, 0.6) is 5.75 Å². The molecule has 4 heteroatoms. The lowest BCUT2D eigenvalue weighted by atomic mass is 10.1. The standard InChI is InChI=1S/C10H14N2O2/c1-12-10(14)9(11)6-7-2-4-8(13)5-3-7/h2-5,9,13H,6,11H2,1H3,(H,12,14)/t9-/m0/s1. The Morgan fingerprint density at radius 3 is 2.57 bits per heavy atom. The van der Waals surface area contributed by atoms with E-state index >= 15 is 0 Å². The maximum absolute atomic E-state index is 11.1. The second-order valence-corrected chi connectivity index (χ2v) is 3.09. The fraction of sp³-hybridized carbons (Fsp3) is 0.300. The van der Waals surface area contributed by atoms with Crippen LogP contribution in [0.2, 0.25) is 0 Å². The summed E-state index contributed by atoms with van der Waals surface area (Å²) in [5, 5.41) is 11.5. The number of nitrogens with one attached hydrogen (secondary N) is 1. The molecule has 0 aliphatic rings. The van der Waals surface area contributed by atoms with E-state index in [1.807, 2.05) is 0 Å². The highest BCUT2D eigenvalue weighted by Gasteiger charge is 2.11. The Hall–Kier alpha value is -1.55. The largest absolute Gasteiger partial charge is 0.508 e. The van der Waals surface area contributed by atoms with Crippen LogP contribution >= 0.6 is 0 Å². The predicted molar refractivity (Wildman–Crippen MR) is 53.9 cm³/mol. The van der Waals surface area contributed by atoms with E-state index in [9.17, 15) is 4.79 Å². The van der Waals surface area contributed by atoms with Gasteiger partial charge in [-0.2, -0.15) is 0 Å². The first-order valence-electron chi connectivity index (χ1n) is 4.38. The van der Waals surface area contributed by atoms with E-state index in [1.54, 1.807) is 31.3 Å². The van der Waals surface area contributed by atoms with E-state index in [-0.39, 0.29) is 11.7 Å². The molecule has 0 aliphatic heterocycles. The van der Waals surface area contributed by atoms with Gasteiger partial charge in [0.15, 0.2) is 0 Å². The number of carbonyl (C=O) groups excluding carboxylic acids is 1. The van der Waals surface area contributed by atoms with Crippen LogP contribution in [-0.4, -0.2) is 24.1 Å². The predicted octanol–water partition coefficient (Wildman–Crippen LogP) is 0.00800. The molecule has 76 valence electrons. The summed E-state index contributed by atoms with van der Waals surface area (Å²) in [6.07, 6.45) is 0.472. The van der Waals surface area contributed by atoms with Crippen LogP contribution in [0.3, 0.4) is 0 Å². The van der Waals surface area contributed by atoms with E-state index in [4.69, 9.17) is 10.8 Å². The van der Waals surface area contributed by atoms with Gasteiger partial charge in [-0.15, -0.1) is 0 Å². The van der Waals surface area contributed by atoms with Crippen molar-refractivity contribution < 1.29 is 9.90 Å². The lowest BCUT2D eigenvalue weighted by Gasteiger charge is -2.09. The Labute approximate surface area is 82.7 Å². The first-order chi connectivity index (χ1) is 6.63. The number of phenols is 1. The Morgan fingerprint density at radius 2 is 2.07 bits per heavy atom. The van der Waals surface area contributed by atoms with Crippen molar-refractivity contribution in [3.63, 3.8) is 0 Å². The zero-order valence-electron chi connectivity index (χ0n) is 8.03. The molecule has 1 aromatic rings. The van der Waals surface area contributed by atoms with E-state index in [0.29, 0.717) is 6.42 Å². The quantitative estimate of drug-likeness (QED) is 0.634. The molecule has 0 bridgehead atoms. The third-order valence-corrected chi connectivity index (χ3v) is 1.98. The molecule has 1 aromatic carbocycles. The summed E-state index contributed by atoms with van der Waals surface area (Å²) in [5.74, 6) is 0.0281. The zero-order chi connectivity index (χ0) is 10.6. The van der Waals surface area contributed by atoms with Crippen LogP contribution in [0.15, 0.2) is 24.3 Å². The second kappa shape index (κ2) is 4.62. The summed E-state index contributed by atoms with van der Waals surface area (Å²) in [5.41, 5.74) is 6.55. The van der Waals surface area contributed by atoms with Gasteiger partial charge in [0.2, 0.25) is 5.91 Å². The highest BCUT2D eigenvalue weighted by Crippen LogP contribution is 2.10. The van der Waals surface area contributed by atoms with Crippen molar-refractivity contribution in [3.05, 3.63) is 29.8 Å². The summed E-state index contributed by atoms with van der Waals surface area (Å²) in [6.45, 7) is 0. The van der Waals surface area contributed by atoms with Gasteiger partial charge in [0.1, 0.15) is 5.75 Å². The minimum absolute atomic E-state index is 0.182. The SMILES string of the molecule is CNC(=O)[C@@H](N)Cc1ccc(O)cc1. The van der Waals surface area contributed by atoms with Crippen molar-refractivity contribution in [2.75, 3.05) is 7.05 Å². The highest BCUT2D eigenvalue weighted by atomic mass is 16.3. The molecule has 0 saturated heterocycles. The van der Waals surface area contributed by atoms with Crippen LogP contribution in [0.1, 0.15) is 5.56 Å². The molecule has 1 amide bonds. The Bertz CT molecular complexity index is 308. The van der Waals surface area contributed by atoms with E-state index in [2.05, 4.69) is 5.32 Å². The van der Waals surface area contributed by atoms with Gasteiger partial charge in [0.25, 0.3) is 0 Å². The molecular formula is C10H14N2O2. The zero-order valence-corrected chi connectivity index (χ0v) is 8.03. The van der Waals surface area contributed by atoms with Gasteiger partial charge in [-0.25, -0.2) is 0 Å². The lowest BCUT2D eigenvalue weighted by molar-refractivity contribution is -0.121. The number of amides is 1. The first-order valence-corrected chi connectivity index (χ1v) is 4.38. The molecule has 0 heterocycles. The Balaban J connectivity index is 2.60. The number of hydrogen-bond acceptors (Lipinski definition) is 3. The number of hydrogen-bond donors (Lipinski definition) is 3. The van der Waals surface area contributed by atoms with Crippen LogP contribution in [0.25, 0.3) is 0 Å². The van der Waals surface area contributed by atoms with Gasteiger partial charge in [-0.3, -0.25) is 4.79 Å². The Morgan fingerprint density at radius 1 is 1.50 bits per heavy atom. The third kappa shape index (κ3) is 2.74. The number of nitrogens with two attached hydrogens (primary N) is 1. The molecule has 1 rings (SSSR count). The number of likely N-dealkylation sites (N-methyl/N-ethyl adjacent to an activating group) is 1. The maximum Gasteiger partial charge on any atom is 0.237 e. The lowest BCUT2D eigenvalue weighted by Crippen LogP contribution is -2.40. The van der Waals surface area contributed by atoms with Crippen LogP contribution in [-0.2, 0) is 11.2 Å². The second-order valence-electron chi connectivity index (χ2n) is 3.09.